The van der Waals surface area contributed by atoms with Gasteiger partial charge in [0.25, 0.3) is 5.91 Å². The number of amides is 1. The van der Waals surface area contributed by atoms with Crippen LogP contribution < -0.4 is 5.32 Å². The van der Waals surface area contributed by atoms with Crippen molar-refractivity contribution in [2.45, 2.75) is 12.5 Å². The molecule has 1 atom stereocenters. The first kappa shape index (κ1) is 14.4. The van der Waals surface area contributed by atoms with Crippen LogP contribution in [0.25, 0.3) is 0 Å². The summed E-state index contributed by atoms with van der Waals surface area (Å²) in [4.78, 5) is 22.9. The molecule has 4 N–H and O–H groups in total. The number of nitrogens with one attached hydrogen (secondary N) is 1. The van der Waals surface area contributed by atoms with E-state index in [1.54, 1.807) is 0 Å². The number of carboxylic acid groups (broad SMARTS) is 1. The van der Waals surface area contributed by atoms with E-state index >= 15 is 0 Å². The molecule has 1 heterocycles. The van der Waals surface area contributed by atoms with Gasteiger partial charge in [-0.2, -0.15) is 0 Å². The molecule has 1 amide bonds. The van der Waals surface area contributed by atoms with Crippen molar-refractivity contribution in [1.29, 1.82) is 0 Å². The molecule has 0 aliphatic rings. The van der Waals surface area contributed by atoms with Gasteiger partial charge in [0, 0.05) is 12.5 Å². The predicted molar refractivity (Wildman–Crippen MR) is 68.9 cm³/mol. The van der Waals surface area contributed by atoms with Crippen LogP contribution in [-0.2, 0) is 11.2 Å². The Labute approximate surface area is 118 Å². The van der Waals surface area contributed by atoms with E-state index in [4.69, 9.17) is 5.11 Å². The highest BCUT2D eigenvalue weighted by molar-refractivity contribution is 5.94. The second-order valence-corrected chi connectivity index (χ2v) is 4.28. The number of phenolic OH excluding ortho intramolecular Hbond substituents is 2. The Kier molecular flexibility index (Phi) is 4.07. The van der Waals surface area contributed by atoms with Crippen LogP contribution in [0, 0.1) is 0 Å². The molecule has 21 heavy (non-hydrogen) atoms. The highest BCUT2D eigenvalue weighted by Crippen LogP contribution is 2.25. The zero-order chi connectivity index (χ0) is 15.4. The first-order valence-corrected chi connectivity index (χ1v) is 5.92. The van der Waals surface area contributed by atoms with Crippen LogP contribution in [0.2, 0.25) is 0 Å². The van der Waals surface area contributed by atoms with Crippen molar-refractivity contribution in [2.75, 3.05) is 0 Å². The molecule has 2 aromatic rings. The van der Waals surface area contributed by atoms with Gasteiger partial charge in [-0.05, 0) is 17.7 Å². The number of aromatic hydroxyl groups is 2. The maximum Gasteiger partial charge on any atom is 0.326 e. The lowest BCUT2D eigenvalue weighted by Crippen LogP contribution is -2.42. The number of carbonyl (C=O) groups excluding carboxylic acids is 1. The van der Waals surface area contributed by atoms with Crippen LogP contribution in [0.1, 0.15) is 16.1 Å². The van der Waals surface area contributed by atoms with Crippen LogP contribution >= 0.6 is 0 Å². The summed E-state index contributed by atoms with van der Waals surface area (Å²) >= 11 is 0. The fraction of sp³-hybridized carbons (Fsp3) is 0.154. The summed E-state index contributed by atoms with van der Waals surface area (Å²) in [6, 6.07) is 4.02. The minimum atomic E-state index is -1.24. The van der Waals surface area contributed by atoms with E-state index in [1.807, 2.05) is 0 Å². The lowest BCUT2D eigenvalue weighted by molar-refractivity contribution is -0.139. The normalized spacial score (nSPS) is 11.8. The van der Waals surface area contributed by atoms with Crippen molar-refractivity contribution < 1.29 is 29.4 Å². The number of rotatable bonds is 5. The number of phenols is 2. The van der Waals surface area contributed by atoms with E-state index < -0.39 is 17.9 Å². The number of benzene rings is 1. The molecule has 0 saturated carbocycles. The predicted octanol–water partition coefficient (Wildman–Crippen LogP) is 0.511. The van der Waals surface area contributed by atoms with Crippen LogP contribution in [0.5, 0.6) is 11.5 Å². The third kappa shape index (κ3) is 3.50. The highest BCUT2D eigenvalue weighted by Gasteiger charge is 2.22. The first-order valence-electron chi connectivity index (χ1n) is 5.92. The largest absolute Gasteiger partial charge is 0.504 e. The van der Waals surface area contributed by atoms with E-state index in [0.717, 1.165) is 0 Å². The monoisotopic (exact) mass is 292 g/mol. The van der Waals surface area contributed by atoms with Gasteiger partial charge in [-0.15, -0.1) is 0 Å². The van der Waals surface area contributed by atoms with Crippen LogP contribution in [0.15, 0.2) is 35.1 Å². The van der Waals surface area contributed by atoms with E-state index in [9.17, 15) is 19.8 Å². The average molecular weight is 292 g/mol. The number of hydrogen-bond donors (Lipinski definition) is 4. The Hall–Kier alpha value is -3.03. The van der Waals surface area contributed by atoms with Gasteiger partial charge in [0.05, 0.1) is 0 Å². The van der Waals surface area contributed by atoms with E-state index in [0.29, 0.717) is 5.56 Å². The van der Waals surface area contributed by atoms with E-state index in [1.165, 1.54) is 30.5 Å². The average Bonchev–Trinajstić information content (AvgIpc) is 2.96. The van der Waals surface area contributed by atoms with Gasteiger partial charge in [0.1, 0.15) is 12.3 Å². The fourth-order valence-corrected chi connectivity index (χ4v) is 1.69. The molecule has 1 aromatic carbocycles. The molecule has 0 radical (unpaired) electrons. The van der Waals surface area contributed by atoms with Gasteiger partial charge in [-0.25, -0.2) is 4.79 Å². The molecule has 110 valence electrons. The summed E-state index contributed by atoms with van der Waals surface area (Å²) in [6.07, 6.45) is 1.13. The Morgan fingerprint density at radius 2 is 2.00 bits per heavy atom. The molecule has 1 aromatic heterocycles. The third-order valence-electron chi connectivity index (χ3n) is 2.75. The Bertz CT molecular complexity index is 653. The second kappa shape index (κ2) is 5.95. The Balaban J connectivity index is 2.10. The summed E-state index contributed by atoms with van der Waals surface area (Å²) < 4.78 is 4.51. The number of aromatic nitrogens is 1. The zero-order valence-corrected chi connectivity index (χ0v) is 10.7. The standard InChI is InChI=1S/C13H12N2O6/c16-10-2-1-7(6-11(10)17)5-9(13(19)20)14-12(18)8-3-4-21-15-8/h1-4,6,9,16-17H,5H2,(H,14,18)(H,19,20). The van der Waals surface area contributed by atoms with Crippen molar-refractivity contribution >= 4 is 11.9 Å². The van der Waals surface area contributed by atoms with Gasteiger partial charge >= 0.3 is 5.97 Å². The summed E-state index contributed by atoms with van der Waals surface area (Å²) in [7, 11) is 0. The molecule has 0 aliphatic carbocycles. The highest BCUT2D eigenvalue weighted by atomic mass is 16.5. The quantitative estimate of drug-likeness (QED) is 0.590. The van der Waals surface area contributed by atoms with Crippen LogP contribution in [0.4, 0.5) is 0 Å². The number of nitrogens with zero attached hydrogens (tertiary/aromatic N) is 1. The molecule has 8 nitrogen and oxygen atoms in total. The number of carboxylic acids is 1. The minimum absolute atomic E-state index is 0.0326. The van der Waals surface area contributed by atoms with Crippen molar-refractivity contribution in [1.82, 2.24) is 10.5 Å². The Morgan fingerprint density at radius 1 is 1.24 bits per heavy atom. The molecule has 0 aliphatic heterocycles. The number of aliphatic carboxylic acids is 1. The maximum absolute atomic E-state index is 11.7. The van der Waals surface area contributed by atoms with Crippen LogP contribution in [0.3, 0.4) is 0 Å². The van der Waals surface area contributed by atoms with E-state index in [2.05, 4.69) is 15.0 Å². The van der Waals surface area contributed by atoms with Crippen molar-refractivity contribution in [2.24, 2.45) is 0 Å². The summed E-state index contributed by atoms with van der Waals surface area (Å²) in [5, 5.41) is 33.4. The molecular weight excluding hydrogens is 280 g/mol. The van der Waals surface area contributed by atoms with Gasteiger partial charge in [-0.3, -0.25) is 4.79 Å². The molecule has 1 unspecified atom stereocenters. The maximum atomic E-state index is 11.7. The molecule has 0 spiro atoms. The molecule has 8 heteroatoms. The van der Waals surface area contributed by atoms with Crippen molar-refractivity contribution in [3.8, 4) is 11.5 Å². The molecular formula is C13H12N2O6. The van der Waals surface area contributed by atoms with Gasteiger partial charge < -0.3 is 25.2 Å². The topological polar surface area (TPSA) is 133 Å². The van der Waals surface area contributed by atoms with Crippen molar-refractivity contribution in [3.05, 3.63) is 41.8 Å². The second-order valence-electron chi connectivity index (χ2n) is 4.28. The third-order valence-corrected chi connectivity index (χ3v) is 2.75. The van der Waals surface area contributed by atoms with Gasteiger partial charge in [0.2, 0.25) is 0 Å². The van der Waals surface area contributed by atoms with Gasteiger partial charge in [0.15, 0.2) is 17.2 Å². The molecule has 0 bridgehead atoms. The number of carbonyl (C=O) groups is 2. The van der Waals surface area contributed by atoms with E-state index in [-0.39, 0.29) is 23.6 Å². The molecule has 0 fully saturated rings. The van der Waals surface area contributed by atoms with Crippen LogP contribution in [-0.4, -0.2) is 38.4 Å². The minimum Gasteiger partial charge on any atom is -0.504 e. The molecule has 2 rings (SSSR count). The van der Waals surface area contributed by atoms with Gasteiger partial charge in [-0.1, -0.05) is 11.2 Å². The SMILES string of the molecule is O=C(NC(Cc1ccc(O)c(O)c1)C(=O)O)c1ccon1. The smallest absolute Gasteiger partial charge is 0.326 e. The lowest BCUT2D eigenvalue weighted by atomic mass is 10.1. The first-order chi connectivity index (χ1) is 9.97. The lowest BCUT2D eigenvalue weighted by Gasteiger charge is -2.14. The summed E-state index contributed by atoms with van der Waals surface area (Å²) in [6.45, 7) is 0. The van der Waals surface area contributed by atoms with Crippen molar-refractivity contribution in [3.63, 3.8) is 0 Å². The Morgan fingerprint density at radius 3 is 2.57 bits per heavy atom. The molecule has 0 saturated heterocycles. The summed E-state index contributed by atoms with van der Waals surface area (Å²) in [5.41, 5.74) is 0.410. The summed E-state index contributed by atoms with van der Waals surface area (Å²) in [5.74, 6) is -2.59. The fourth-order valence-electron chi connectivity index (χ4n) is 1.69. The number of hydrogen-bond acceptors (Lipinski definition) is 6. The zero-order valence-electron chi connectivity index (χ0n) is 10.7.